The van der Waals surface area contributed by atoms with Gasteiger partial charge in [-0.05, 0) is 42.3 Å². The fraction of sp³-hybridized carbons (Fsp3) is 0.176. The summed E-state index contributed by atoms with van der Waals surface area (Å²) in [7, 11) is 0. The Bertz CT molecular complexity index is 709. The Hall–Kier alpha value is -2.38. The minimum atomic E-state index is -0.513. The maximum absolute atomic E-state index is 12.3. The number of rotatable bonds is 7. The van der Waals surface area contributed by atoms with Gasteiger partial charge < -0.3 is 20.2 Å². The van der Waals surface area contributed by atoms with Gasteiger partial charge in [0.05, 0.1) is 6.26 Å². The van der Waals surface area contributed by atoms with Crippen LogP contribution in [0.4, 0.5) is 0 Å². The van der Waals surface area contributed by atoms with Crippen molar-refractivity contribution >= 4 is 33.8 Å². The third-order valence-corrected chi connectivity index (χ3v) is 3.57. The molecule has 3 N–H and O–H groups in total. The van der Waals surface area contributed by atoms with Gasteiger partial charge >= 0.3 is 0 Å². The molecule has 24 heavy (non-hydrogen) atoms. The topological polar surface area (TPSA) is 91.6 Å². The Morgan fingerprint density at radius 1 is 1.21 bits per heavy atom. The number of carbonyl (C=O) groups excluding carboxylic acids is 2. The van der Waals surface area contributed by atoms with Gasteiger partial charge in [-0.3, -0.25) is 9.59 Å². The Morgan fingerprint density at radius 2 is 1.96 bits per heavy atom. The number of carbonyl (C=O) groups is 2. The lowest BCUT2D eigenvalue weighted by molar-refractivity contribution is -0.117. The first-order valence-electron chi connectivity index (χ1n) is 7.31. The number of amides is 2. The Kier molecular flexibility index (Phi) is 6.77. The van der Waals surface area contributed by atoms with Gasteiger partial charge in [0.1, 0.15) is 5.70 Å². The molecular weight excluding hydrogens is 376 g/mol. The first-order valence-corrected chi connectivity index (χ1v) is 8.10. The quantitative estimate of drug-likeness (QED) is 0.497. The van der Waals surface area contributed by atoms with E-state index in [-0.39, 0.29) is 18.1 Å². The smallest absolute Gasteiger partial charge is 0.291 e. The highest BCUT2D eigenvalue weighted by atomic mass is 79.9. The zero-order valence-corrected chi connectivity index (χ0v) is 14.4. The summed E-state index contributed by atoms with van der Waals surface area (Å²) < 4.78 is 5.94. The summed E-state index contributed by atoms with van der Waals surface area (Å²) in [6.45, 7) is 0.286. The SMILES string of the molecule is O=C(NCCCO)/C(=C/c1ccc(Br)cc1)NC(=O)c1ccco1. The minimum absolute atomic E-state index is 0.0230. The summed E-state index contributed by atoms with van der Waals surface area (Å²) in [6, 6.07) is 10.4. The maximum Gasteiger partial charge on any atom is 0.291 e. The fourth-order valence-corrected chi connectivity index (χ4v) is 2.12. The standard InChI is InChI=1S/C17H17BrN2O4/c18-13-6-4-12(5-7-13)11-14(16(22)19-8-2-9-21)20-17(23)15-3-1-10-24-15/h1,3-7,10-11,21H,2,8-9H2,(H,19,22)(H,20,23)/b14-11-. The van der Waals surface area contributed by atoms with E-state index in [2.05, 4.69) is 26.6 Å². The average molecular weight is 393 g/mol. The highest BCUT2D eigenvalue weighted by molar-refractivity contribution is 9.10. The van der Waals surface area contributed by atoms with Crippen LogP contribution in [0.2, 0.25) is 0 Å². The number of hydrogen-bond acceptors (Lipinski definition) is 4. The van der Waals surface area contributed by atoms with Crippen molar-refractivity contribution in [3.63, 3.8) is 0 Å². The molecule has 0 radical (unpaired) electrons. The van der Waals surface area contributed by atoms with Crippen molar-refractivity contribution in [3.05, 3.63) is 64.2 Å². The van der Waals surface area contributed by atoms with Crippen molar-refractivity contribution in [3.8, 4) is 0 Å². The minimum Gasteiger partial charge on any atom is -0.459 e. The van der Waals surface area contributed by atoms with Crippen molar-refractivity contribution in [1.29, 1.82) is 0 Å². The molecule has 0 unspecified atom stereocenters. The third-order valence-electron chi connectivity index (χ3n) is 3.04. The summed E-state index contributed by atoms with van der Waals surface area (Å²) in [4.78, 5) is 24.4. The van der Waals surface area contributed by atoms with Crippen molar-refractivity contribution in [2.75, 3.05) is 13.2 Å². The molecule has 0 saturated carbocycles. The molecule has 1 heterocycles. The van der Waals surface area contributed by atoms with Gasteiger partial charge in [-0.2, -0.15) is 0 Å². The predicted molar refractivity (Wildman–Crippen MR) is 93.0 cm³/mol. The molecular formula is C17H17BrN2O4. The Balaban J connectivity index is 2.18. The number of benzene rings is 1. The molecule has 0 saturated heterocycles. The van der Waals surface area contributed by atoms with Crippen molar-refractivity contribution in [1.82, 2.24) is 10.6 Å². The number of aliphatic hydroxyl groups is 1. The molecule has 0 aliphatic heterocycles. The van der Waals surface area contributed by atoms with E-state index >= 15 is 0 Å². The molecule has 1 aromatic heterocycles. The van der Waals surface area contributed by atoms with Crippen LogP contribution in [0.1, 0.15) is 22.5 Å². The zero-order valence-electron chi connectivity index (χ0n) is 12.8. The molecule has 126 valence electrons. The van der Waals surface area contributed by atoms with Crippen LogP contribution in [0.5, 0.6) is 0 Å². The lowest BCUT2D eigenvalue weighted by Gasteiger charge is -2.10. The monoisotopic (exact) mass is 392 g/mol. The highest BCUT2D eigenvalue weighted by Gasteiger charge is 2.15. The average Bonchev–Trinajstić information content (AvgIpc) is 3.11. The van der Waals surface area contributed by atoms with E-state index in [1.807, 2.05) is 24.3 Å². The second kappa shape index (κ2) is 9.05. The molecule has 0 spiro atoms. The first-order chi connectivity index (χ1) is 11.6. The lowest BCUT2D eigenvalue weighted by atomic mass is 10.2. The number of aliphatic hydroxyl groups excluding tert-OH is 1. The van der Waals surface area contributed by atoms with E-state index in [1.54, 1.807) is 12.1 Å². The summed E-state index contributed by atoms with van der Waals surface area (Å²) >= 11 is 3.34. The van der Waals surface area contributed by atoms with Crippen LogP contribution in [0, 0.1) is 0 Å². The fourth-order valence-electron chi connectivity index (χ4n) is 1.85. The molecule has 2 amide bonds. The molecule has 0 fully saturated rings. The second-order valence-corrected chi connectivity index (χ2v) is 5.79. The van der Waals surface area contributed by atoms with E-state index in [0.29, 0.717) is 13.0 Å². The number of nitrogens with one attached hydrogen (secondary N) is 2. The maximum atomic E-state index is 12.3. The Labute approximate surface area is 147 Å². The second-order valence-electron chi connectivity index (χ2n) is 4.87. The summed E-state index contributed by atoms with van der Waals surface area (Å²) in [5.74, 6) is -0.841. The summed E-state index contributed by atoms with van der Waals surface area (Å²) in [5, 5.41) is 14.0. The van der Waals surface area contributed by atoms with Gasteiger partial charge in [0.25, 0.3) is 11.8 Å². The van der Waals surface area contributed by atoms with Crippen molar-refractivity contribution < 1.29 is 19.1 Å². The molecule has 0 aliphatic carbocycles. The molecule has 0 bridgehead atoms. The van der Waals surface area contributed by atoms with Crippen molar-refractivity contribution in [2.45, 2.75) is 6.42 Å². The number of hydrogen-bond donors (Lipinski definition) is 3. The molecule has 1 aromatic carbocycles. The normalized spacial score (nSPS) is 11.2. The van der Waals surface area contributed by atoms with Crippen LogP contribution in [-0.2, 0) is 4.79 Å². The van der Waals surface area contributed by atoms with E-state index in [4.69, 9.17) is 9.52 Å². The molecule has 0 atom stereocenters. The van der Waals surface area contributed by atoms with Crippen LogP contribution in [0.3, 0.4) is 0 Å². The van der Waals surface area contributed by atoms with E-state index in [0.717, 1.165) is 10.0 Å². The van der Waals surface area contributed by atoms with E-state index in [9.17, 15) is 9.59 Å². The molecule has 7 heteroatoms. The van der Waals surface area contributed by atoms with Gasteiger partial charge in [-0.1, -0.05) is 28.1 Å². The number of halogens is 1. The zero-order chi connectivity index (χ0) is 17.4. The van der Waals surface area contributed by atoms with E-state index in [1.165, 1.54) is 12.3 Å². The Morgan fingerprint density at radius 3 is 2.58 bits per heavy atom. The predicted octanol–water partition coefficient (Wildman–Crippen LogP) is 2.31. The van der Waals surface area contributed by atoms with Gasteiger partial charge in [0, 0.05) is 17.6 Å². The molecule has 2 aromatic rings. The van der Waals surface area contributed by atoms with Crippen LogP contribution in [0.25, 0.3) is 6.08 Å². The third kappa shape index (κ3) is 5.36. The summed E-state index contributed by atoms with van der Waals surface area (Å²) in [6.07, 6.45) is 3.39. The first kappa shape index (κ1) is 18.0. The molecule has 2 rings (SSSR count). The number of furan rings is 1. The van der Waals surface area contributed by atoms with Crippen LogP contribution in [0.15, 0.2) is 57.2 Å². The van der Waals surface area contributed by atoms with Gasteiger partial charge in [-0.15, -0.1) is 0 Å². The summed E-state index contributed by atoms with van der Waals surface area (Å²) in [5.41, 5.74) is 0.849. The van der Waals surface area contributed by atoms with Gasteiger partial charge in [0.2, 0.25) is 0 Å². The largest absolute Gasteiger partial charge is 0.459 e. The highest BCUT2D eigenvalue weighted by Crippen LogP contribution is 2.13. The van der Waals surface area contributed by atoms with Crippen molar-refractivity contribution in [2.24, 2.45) is 0 Å². The van der Waals surface area contributed by atoms with Gasteiger partial charge in [0.15, 0.2) is 5.76 Å². The van der Waals surface area contributed by atoms with Crippen LogP contribution < -0.4 is 10.6 Å². The van der Waals surface area contributed by atoms with E-state index < -0.39 is 11.8 Å². The van der Waals surface area contributed by atoms with Crippen LogP contribution in [-0.4, -0.2) is 30.1 Å². The molecule has 0 aliphatic rings. The van der Waals surface area contributed by atoms with Crippen LogP contribution >= 0.6 is 15.9 Å². The molecule has 6 nitrogen and oxygen atoms in total. The lowest BCUT2D eigenvalue weighted by Crippen LogP contribution is -2.35. The van der Waals surface area contributed by atoms with Gasteiger partial charge in [-0.25, -0.2) is 0 Å².